The summed E-state index contributed by atoms with van der Waals surface area (Å²) in [6.45, 7) is 4.00. The summed E-state index contributed by atoms with van der Waals surface area (Å²) in [5, 5.41) is 9.24. The number of hydrogen-bond donors (Lipinski definition) is 3. The van der Waals surface area contributed by atoms with Crippen molar-refractivity contribution in [2.24, 2.45) is 4.99 Å². The molecule has 0 bridgehead atoms. The topological polar surface area (TPSA) is 78.7 Å². The van der Waals surface area contributed by atoms with Crippen molar-refractivity contribution >= 4 is 35.8 Å². The smallest absolute Gasteiger partial charge is 0.287 e. The van der Waals surface area contributed by atoms with Crippen molar-refractivity contribution in [3.8, 4) is 0 Å². The van der Waals surface area contributed by atoms with Crippen molar-refractivity contribution in [1.82, 2.24) is 16.0 Å². The Bertz CT molecular complexity index is 644. The molecule has 0 saturated heterocycles. The Morgan fingerprint density at radius 2 is 1.80 bits per heavy atom. The molecule has 0 aliphatic heterocycles. The van der Waals surface area contributed by atoms with Crippen molar-refractivity contribution in [3.63, 3.8) is 0 Å². The van der Waals surface area contributed by atoms with Gasteiger partial charge in [-0.15, -0.1) is 24.0 Å². The van der Waals surface area contributed by atoms with Gasteiger partial charge in [-0.05, 0) is 23.6 Å². The number of guanidine groups is 1. The number of furan rings is 1. The Balaban J connectivity index is 0.00000312. The first-order valence-corrected chi connectivity index (χ1v) is 8.02. The lowest BCUT2D eigenvalue weighted by atomic mass is 10.0. The number of nitrogens with zero attached hydrogens (tertiary/aromatic N) is 1. The summed E-state index contributed by atoms with van der Waals surface area (Å²) in [5.74, 6) is 1.19. The summed E-state index contributed by atoms with van der Waals surface area (Å²) in [6.07, 6.45) is 1.48. The van der Waals surface area contributed by atoms with Crippen molar-refractivity contribution in [2.75, 3.05) is 26.7 Å². The highest BCUT2D eigenvalue weighted by molar-refractivity contribution is 14.0. The fraction of sp³-hybridized carbons (Fsp3) is 0.333. The Hall–Kier alpha value is -2.03. The van der Waals surface area contributed by atoms with Crippen LogP contribution < -0.4 is 16.0 Å². The van der Waals surface area contributed by atoms with Crippen LogP contribution in [0.4, 0.5) is 0 Å². The van der Waals surface area contributed by atoms with Gasteiger partial charge in [-0.1, -0.05) is 37.3 Å². The number of amides is 1. The third-order valence-corrected chi connectivity index (χ3v) is 3.62. The molecule has 1 aromatic heterocycles. The molecule has 1 unspecified atom stereocenters. The Morgan fingerprint density at radius 1 is 1.08 bits per heavy atom. The van der Waals surface area contributed by atoms with E-state index in [0.717, 1.165) is 6.54 Å². The van der Waals surface area contributed by atoms with E-state index < -0.39 is 0 Å². The maximum atomic E-state index is 11.7. The zero-order valence-electron chi connectivity index (χ0n) is 14.5. The standard InChI is InChI=1S/C18H24N4O2.HI/c1-14(15-7-4-3-5-8-15)13-22-18(19-2)21-11-10-20-17(23)16-9-6-12-24-16;/h3-9,12,14H,10-11,13H2,1-2H3,(H,20,23)(H2,19,21,22);1H. The van der Waals surface area contributed by atoms with Crippen LogP contribution in [0.3, 0.4) is 0 Å². The maximum Gasteiger partial charge on any atom is 0.287 e. The van der Waals surface area contributed by atoms with Crippen molar-refractivity contribution in [2.45, 2.75) is 12.8 Å². The van der Waals surface area contributed by atoms with E-state index in [9.17, 15) is 4.79 Å². The SMILES string of the molecule is CN=C(NCCNC(=O)c1ccco1)NCC(C)c1ccccc1.I. The lowest BCUT2D eigenvalue weighted by Gasteiger charge is -2.16. The third kappa shape index (κ3) is 7.16. The highest BCUT2D eigenvalue weighted by atomic mass is 127. The van der Waals surface area contributed by atoms with Gasteiger partial charge in [0.05, 0.1) is 6.26 Å². The second-order valence-electron chi connectivity index (χ2n) is 5.42. The van der Waals surface area contributed by atoms with Crippen LogP contribution in [0.25, 0.3) is 0 Å². The molecule has 0 spiro atoms. The molecule has 1 atom stereocenters. The molecule has 7 heteroatoms. The predicted molar refractivity (Wildman–Crippen MR) is 111 cm³/mol. The van der Waals surface area contributed by atoms with Crippen LogP contribution in [0.2, 0.25) is 0 Å². The van der Waals surface area contributed by atoms with Crippen molar-refractivity contribution < 1.29 is 9.21 Å². The number of carbonyl (C=O) groups excluding carboxylic acids is 1. The van der Waals surface area contributed by atoms with Crippen molar-refractivity contribution in [3.05, 3.63) is 60.1 Å². The van der Waals surface area contributed by atoms with Crippen LogP contribution in [-0.2, 0) is 0 Å². The third-order valence-electron chi connectivity index (χ3n) is 3.62. The summed E-state index contributed by atoms with van der Waals surface area (Å²) < 4.78 is 5.03. The summed E-state index contributed by atoms with van der Waals surface area (Å²) >= 11 is 0. The van der Waals surface area contributed by atoms with Crippen LogP contribution in [-0.4, -0.2) is 38.5 Å². The average Bonchev–Trinajstić information content (AvgIpc) is 3.16. The van der Waals surface area contributed by atoms with Gasteiger partial charge < -0.3 is 20.4 Å². The fourth-order valence-electron chi connectivity index (χ4n) is 2.22. The number of hydrogen-bond acceptors (Lipinski definition) is 3. The van der Waals surface area contributed by atoms with Crippen LogP contribution in [0.5, 0.6) is 0 Å². The molecule has 2 aromatic rings. The Kier molecular flexibility index (Phi) is 9.68. The molecule has 3 N–H and O–H groups in total. The summed E-state index contributed by atoms with van der Waals surface area (Å²) in [7, 11) is 1.73. The molecule has 0 radical (unpaired) electrons. The summed E-state index contributed by atoms with van der Waals surface area (Å²) in [5.41, 5.74) is 1.28. The quantitative estimate of drug-likeness (QED) is 0.259. The number of nitrogens with one attached hydrogen (secondary N) is 3. The summed E-state index contributed by atoms with van der Waals surface area (Å²) in [6, 6.07) is 13.7. The molecule has 1 heterocycles. The van der Waals surface area contributed by atoms with Crippen molar-refractivity contribution in [1.29, 1.82) is 0 Å². The van der Waals surface area contributed by atoms with Gasteiger partial charge >= 0.3 is 0 Å². The van der Waals surface area contributed by atoms with Gasteiger partial charge in [-0.25, -0.2) is 0 Å². The molecular weight excluding hydrogens is 431 g/mol. The van der Waals surface area contributed by atoms with Gasteiger partial charge in [0.1, 0.15) is 0 Å². The molecule has 6 nitrogen and oxygen atoms in total. The molecule has 0 fully saturated rings. The Morgan fingerprint density at radius 3 is 2.44 bits per heavy atom. The van der Waals surface area contributed by atoms with E-state index in [1.807, 2.05) is 18.2 Å². The molecular formula is C18H25IN4O2. The maximum absolute atomic E-state index is 11.7. The van der Waals surface area contributed by atoms with E-state index in [4.69, 9.17) is 4.42 Å². The monoisotopic (exact) mass is 456 g/mol. The molecule has 1 amide bonds. The van der Waals surface area contributed by atoms with Gasteiger partial charge in [-0.3, -0.25) is 9.79 Å². The van der Waals surface area contributed by atoms with E-state index in [-0.39, 0.29) is 29.9 Å². The van der Waals surface area contributed by atoms with E-state index in [1.54, 1.807) is 19.2 Å². The van der Waals surface area contributed by atoms with E-state index >= 15 is 0 Å². The lowest BCUT2D eigenvalue weighted by Crippen LogP contribution is -2.42. The molecule has 0 saturated carbocycles. The molecule has 2 rings (SSSR count). The van der Waals surface area contributed by atoms with Gasteiger partial charge in [0, 0.05) is 26.7 Å². The second kappa shape index (κ2) is 11.5. The van der Waals surface area contributed by atoms with Gasteiger partial charge in [-0.2, -0.15) is 0 Å². The zero-order chi connectivity index (χ0) is 17.2. The number of rotatable bonds is 7. The highest BCUT2D eigenvalue weighted by Crippen LogP contribution is 2.12. The minimum atomic E-state index is -0.220. The minimum Gasteiger partial charge on any atom is -0.459 e. The Labute approximate surface area is 165 Å². The first kappa shape index (κ1) is 21.0. The number of aliphatic imine (C=N–C) groups is 1. The van der Waals surface area contributed by atoms with Crippen LogP contribution in [0, 0.1) is 0 Å². The number of benzene rings is 1. The minimum absolute atomic E-state index is 0. The van der Waals surface area contributed by atoms with Gasteiger partial charge in [0.15, 0.2) is 11.7 Å². The first-order chi connectivity index (χ1) is 11.7. The summed E-state index contributed by atoms with van der Waals surface area (Å²) in [4.78, 5) is 15.9. The van der Waals surface area contributed by atoms with Crippen LogP contribution in [0.15, 0.2) is 58.1 Å². The molecule has 1 aromatic carbocycles. The van der Waals surface area contributed by atoms with Gasteiger partial charge in [0.25, 0.3) is 5.91 Å². The van der Waals surface area contributed by atoms with E-state index in [0.29, 0.717) is 30.7 Å². The molecule has 25 heavy (non-hydrogen) atoms. The zero-order valence-corrected chi connectivity index (χ0v) is 16.8. The van der Waals surface area contributed by atoms with E-state index in [1.165, 1.54) is 11.8 Å². The van der Waals surface area contributed by atoms with E-state index in [2.05, 4.69) is 40.0 Å². The van der Waals surface area contributed by atoms with Crippen LogP contribution >= 0.6 is 24.0 Å². The largest absolute Gasteiger partial charge is 0.459 e. The normalized spacial score (nSPS) is 12.0. The molecule has 136 valence electrons. The first-order valence-electron chi connectivity index (χ1n) is 8.02. The average molecular weight is 456 g/mol. The molecule has 0 aliphatic rings. The van der Waals surface area contributed by atoms with Gasteiger partial charge in [0.2, 0.25) is 0 Å². The second-order valence-corrected chi connectivity index (χ2v) is 5.42. The number of carbonyl (C=O) groups is 1. The number of halogens is 1. The lowest BCUT2D eigenvalue weighted by molar-refractivity contribution is 0.0926. The highest BCUT2D eigenvalue weighted by Gasteiger charge is 2.08. The fourth-order valence-corrected chi connectivity index (χ4v) is 2.22. The van der Waals surface area contributed by atoms with Crippen LogP contribution in [0.1, 0.15) is 29.0 Å². The molecule has 0 aliphatic carbocycles. The predicted octanol–water partition coefficient (Wildman–Crippen LogP) is 2.60.